The minimum absolute atomic E-state index is 0.129. The molecule has 0 aliphatic rings. The molecule has 106 valence electrons. The molecule has 1 aromatic heterocycles. The van der Waals surface area contributed by atoms with Gasteiger partial charge >= 0.3 is 0 Å². The molecule has 0 atom stereocenters. The van der Waals surface area contributed by atoms with Crippen molar-refractivity contribution in [3.8, 4) is 0 Å². The number of aromatic amines is 1. The van der Waals surface area contributed by atoms with Crippen LogP contribution in [0.15, 0.2) is 47.5 Å². The smallest absolute Gasteiger partial charge is 0.272 e. The minimum Gasteiger partial charge on any atom is -0.385 e. The maximum Gasteiger partial charge on any atom is 0.272 e. The van der Waals surface area contributed by atoms with Crippen LogP contribution in [0.2, 0.25) is 0 Å². The lowest BCUT2D eigenvalue weighted by atomic mass is 10.3. The van der Waals surface area contributed by atoms with Gasteiger partial charge in [0.05, 0.1) is 0 Å². The van der Waals surface area contributed by atoms with Crippen molar-refractivity contribution in [1.29, 1.82) is 0 Å². The molecule has 0 radical (unpaired) electrons. The molecule has 2 aromatic rings. The summed E-state index contributed by atoms with van der Waals surface area (Å²) in [4.78, 5) is 15.9. The lowest BCUT2D eigenvalue weighted by Crippen LogP contribution is -2.11. The highest BCUT2D eigenvalue weighted by molar-refractivity contribution is 7.99. The highest BCUT2D eigenvalue weighted by Crippen LogP contribution is 2.21. The largest absolute Gasteiger partial charge is 0.385 e. The van der Waals surface area contributed by atoms with E-state index in [0.717, 1.165) is 24.5 Å². The molecular formula is C15H18N2O2S. The second-order valence-electron chi connectivity index (χ2n) is 4.26. The summed E-state index contributed by atoms with van der Waals surface area (Å²) in [5, 5.41) is 2.85. The predicted molar refractivity (Wildman–Crippen MR) is 82.4 cm³/mol. The first-order valence-corrected chi connectivity index (χ1v) is 7.44. The number of ether oxygens (including phenoxy) is 1. The number of hydrogen-bond acceptors (Lipinski definition) is 3. The maximum atomic E-state index is 11.8. The van der Waals surface area contributed by atoms with Crippen molar-refractivity contribution in [3.63, 3.8) is 0 Å². The molecule has 20 heavy (non-hydrogen) atoms. The van der Waals surface area contributed by atoms with Crippen LogP contribution in [0.1, 0.15) is 16.9 Å². The predicted octanol–water partition coefficient (Wildman–Crippen LogP) is 3.40. The molecule has 0 aliphatic carbocycles. The molecule has 0 saturated carbocycles. The Morgan fingerprint density at radius 2 is 2.10 bits per heavy atom. The van der Waals surface area contributed by atoms with Crippen LogP contribution in [0.5, 0.6) is 0 Å². The molecule has 0 aliphatic heterocycles. The summed E-state index contributed by atoms with van der Waals surface area (Å²) in [6, 6.07) is 11.4. The topological polar surface area (TPSA) is 54.1 Å². The third-order valence-corrected chi connectivity index (χ3v) is 3.81. The fraction of sp³-hybridized carbons (Fsp3) is 0.267. The third-order valence-electron chi connectivity index (χ3n) is 2.72. The number of H-pyrrole nitrogens is 1. The van der Waals surface area contributed by atoms with Crippen LogP contribution in [0, 0.1) is 0 Å². The van der Waals surface area contributed by atoms with Crippen LogP contribution in [0.4, 0.5) is 5.69 Å². The van der Waals surface area contributed by atoms with Crippen molar-refractivity contribution in [2.24, 2.45) is 0 Å². The SMILES string of the molecule is COCCCSc1ccc(NC(=O)c2ccc[nH]2)cc1. The monoisotopic (exact) mass is 290 g/mol. The van der Waals surface area contributed by atoms with Crippen molar-refractivity contribution < 1.29 is 9.53 Å². The van der Waals surface area contributed by atoms with Crippen LogP contribution < -0.4 is 5.32 Å². The highest BCUT2D eigenvalue weighted by Gasteiger charge is 2.05. The van der Waals surface area contributed by atoms with Crippen molar-refractivity contribution in [2.75, 3.05) is 24.8 Å². The quantitative estimate of drug-likeness (QED) is 0.607. The number of methoxy groups -OCH3 is 1. The van der Waals surface area contributed by atoms with Crippen LogP contribution in [-0.4, -0.2) is 30.4 Å². The molecule has 0 saturated heterocycles. The van der Waals surface area contributed by atoms with Gasteiger partial charge in [0, 0.05) is 36.2 Å². The molecule has 5 heteroatoms. The molecule has 2 N–H and O–H groups in total. The summed E-state index contributed by atoms with van der Waals surface area (Å²) in [5.74, 6) is 0.901. The van der Waals surface area contributed by atoms with E-state index in [2.05, 4.69) is 10.3 Å². The van der Waals surface area contributed by atoms with E-state index in [0.29, 0.717) is 5.69 Å². The number of carbonyl (C=O) groups is 1. The Morgan fingerprint density at radius 1 is 1.30 bits per heavy atom. The average molecular weight is 290 g/mol. The Hall–Kier alpha value is -1.72. The zero-order valence-corrected chi connectivity index (χ0v) is 12.2. The van der Waals surface area contributed by atoms with Crippen LogP contribution in [0.25, 0.3) is 0 Å². The number of hydrogen-bond donors (Lipinski definition) is 2. The van der Waals surface area contributed by atoms with Crippen molar-refractivity contribution in [3.05, 3.63) is 48.3 Å². The van der Waals surface area contributed by atoms with E-state index >= 15 is 0 Å². The van der Waals surface area contributed by atoms with Gasteiger partial charge in [-0.25, -0.2) is 0 Å². The summed E-state index contributed by atoms with van der Waals surface area (Å²) in [7, 11) is 1.71. The molecular weight excluding hydrogens is 272 g/mol. The number of rotatable bonds is 7. The normalized spacial score (nSPS) is 10.4. The van der Waals surface area contributed by atoms with Gasteiger partial charge in [0.15, 0.2) is 0 Å². The van der Waals surface area contributed by atoms with E-state index in [1.807, 2.05) is 24.3 Å². The van der Waals surface area contributed by atoms with Gasteiger partial charge in [0.2, 0.25) is 0 Å². The number of carbonyl (C=O) groups excluding carboxylic acids is 1. The number of benzene rings is 1. The number of thioether (sulfide) groups is 1. The lowest BCUT2D eigenvalue weighted by Gasteiger charge is -2.05. The summed E-state index contributed by atoms with van der Waals surface area (Å²) in [6.07, 6.45) is 2.77. The fourth-order valence-corrected chi connectivity index (χ4v) is 2.52. The van der Waals surface area contributed by atoms with Gasteiger partial charge in [-0.05, 0) is 42.8 Å². The molecule has 0 spiro atoms. The van der Waals surface area contributed by atoms with Crippen molar-refractivity contribution in [2.45, 2.75) is 11.3 Å². The Labute approximate surface area is 122 Å². The van der Waals surface area contributed by atoms with Gasteiger partial charge in [0.1, 0.15) is 5.69 Å². The second-order valence-corrected chi connectivity index (χ2v) is 5.43. The molecule has 0 unspecified atom stereocenters. The lowest BCUT2D eigenvalue weighted by molar-refractivity contribution is 0.102. The molecule has 1 heterocycles. The second kappa shape index (κ2) is 7.77. The molecule has 1 amide bonds. The van der Waals surface area contributed by atoms with Crippen LogP contribution >= 0.6 is 11.8 Å². The number of amides is 1. The van der Waals surface area contributed by atoms with E-state index in [1.54, 1.807) is 37.2 Å². The number of anilines is 1. The Balaban J connectivity index is 1.83. The number of aromatic nitrogens is 1. The fourth-order valence-electron chi connectivity index (χ4n) is 1.70. The van der Waals surface area contributed by atoms with Crippen LogP contribution in [-0.2, 0) is 4.74 Å². The zero-order valence-electron chi connectivity index (χ0n) is 11.4. The molecule has 1 aromatic carbocycles. The molecule has 0 fully saturated rings. The summed E-state index contributed by atoms with van der Waals surface area (Å²) in [5.41, 5.74) is 1.36. The standard InChI is InChI=1S/C15H18N2O2S/c1-19-10-3-11-20-13-7-5-12(6-8-13)17-15(18)14-4-2-9-16-14/h2,4-9,16H,3,10-11H2,1H3,(H,17,18). The van der Waals surface area contributed by atoms with Gasteiger partial charge < -0.3 is 15.0 Å². The number of nitrogens with one attached hydrogen (secondary N) is 2. The van der Waals surface area contributed by atoms with E-state index < -0.39 is 0 Å². The van der Waals surface area contributed by atoms with Gasteiger partial charge in [-0.3, -0.25) is 4.79 Å². The molecule has 0 bridgehead atoms. The molecule has 2 rings (SSSR count). The Bertz CT molecular complexity index is 523. The van der Waals surface area contributed by atoms with Gasteiger partial charge in [0.25, 0.3) is 5.91 Å². The van der Waals surface area contributed by atoms with E-state index in [-0.39, 0.29) is 5.91 Å². The summed E-state index contributed by atoms with van der Waals surface area (Å²) < 4.78 is 5.01. The van der Waals surface area contributed by atoms with Crippen molar-refractivity contribution in [1.82, 2.24) is 4.98 Å². The van der Waals surface area contributed by atoms with E-state index in [1.165, 1.54) is 4.90 Å². The first-order valence-electron chi connectivity index (χ1n) is 6.46. The van der Waals surface area contributed by atoms with Crippen molar-refractivity contribution >= 4 is 23.4 Å². The van der Waals surface area contributed by atoms with E-state index in [4.69, 9.17) is 4.74 Å². The first-order chi connectivity index (χ1) is 9.79. The first kappa shape index (κ1) is 14.7. The van der Waals surface area contributed by atoms with Gasteiger partial charge in [-0.1, -0.05) is 0 Å². The molecule has 4 nitrogen and oxygen atoms in total. The van der Waals surface area contributed by atoms with Gasteiger partial charge in [-0.15, -0.1) is 11.8 Å². The Morgan fingerprint density at radius 3 is 2.75 bits per heavy atom. The average Bonchev–Trinajstić information content (AvgIpc) is 3.00. The minimum atomic E-state index is -0.129. The summed E-state index contributed by atoms with van der Waals surface area (Å²) in [6.45, 7) is 0.789. The van der Waals surface area contributed by atoms with E-state index in [9.17, 15) is 4.79 Å². The zero-order chi connectivity index (χ0) is 14.2. The maximum absolute atomic E-state index is 11.8. The third kappa shape index (κ3) is 4.43. The summed E-state index contributed by atoms with van der Waals surface area (Å²) >= 11 is 1.79. The Kier molecular flexibility index (Phi) is 5.70. The highest BCUT2D eigenvalue weighted by atomic mass is 32.2. The van der Waals surface area contributed by atoms with Gasteiger partial charge in [-0.2, -0.15) is 0 Å². The van der Waals surface area contributed by atoms with Crippen LogP contribution in [0.3, 0.4) is 0 Å².